The van der Waals surface area contributed by atoms with E-state index in [1.54, 1.807) is 24.8 Å². The molecule has 2 aromatic rings. The van der Waals surface area contributed by atoms with Gasteiger partial charge in [-0.2, -0.15) is 11.3 Å². The zero-order valence-corrected chi connectivity index (χ0v) is 15.9. The van der Waals surface area contributed by atoms with Gasteiger partial charge in [-0.05, 0) is 41.7 Å². The summed E-state index contributed by atoms with van der Waals surface area (Å²) in [7, 11) is 1.62. The van der Waals surface area contributed by atoms with Crippen LogP contribution in [0.3, 0.4) is 0 Å². The monoisotopic (exact) mass is 372 g/mol. The maximum atomic E-state index is 12.7. The Balaban J connectivity index is 1.43. The Morgan fingerprint density at radius 3 is 3.04 bits per heavy atom. The van der Waals surface area contributed by atoms with Gasteiger partial charge in [0.25, 0.3) is 0 Å². The smallest absolute Gasteiger partial charge is 0.227 e. The number of ether oxygens (including phenoxy) is 1. The highest BCUT2D eigenvalue weighted by atomic mass is 32.1. The third-order valence-electron chi connectivity index (χ3n) is 5.55. The number of hydrogen-bond acceptors (Lipinski definition) is 6. The molecule has 26 heavy (non-hydrogen) atoms. The molecule has 2 aromatic heterocycles. The van der Waals surface area contributed by atoms with Gasteiger partial charge in [0.2, 0.25) is 11.8 Å². The summed E-state index contributed by atoms with van der Waals surface area (Å²) in [6.45, 7) is 3.65. The van der Waals surface area contributed by atoms with Crippen LogP contribution in [0.5, 0.6) is 5.88 Å². The summed E-state index contributed by atoms with van der Waals surface area (Å²) in [5.74, 6) is 1.76. The zero-order valence-electron chi connectivity index (χ0n) is 15.1. The van der Waals surface area contributed by atoms with Crippen molar-refractivity contribution in [3.63, 3.8) is 0 Å². The van der Waals surface area contributed by atoms with Gasteiger partial charge < -0.3 is 14.5 Å². The molecule has 138 valence electrons. The summed E-state index contributed by atoms with van der Waals surface area (Å²) in [4.78, 5) is 25.6. The lowest BCUT2D eigenvalue weighted by atomic mass is 9.79. The van der Waals surface area contributed by atoms with E-state index in [1.165, 1.54) is 6.42 Å². The highest BCUT2D eigenvalue weighted by Gasteiger charge is 2.43. The largest absolute Gasteiger partial charge is 0.481 e. The van der Waals surface area contributed by atoms with Crippen molar-refractivity contribution in [1.29, 1.82) is 0 Å². The Bertz CT molecular complexity index is 767. The quantitative estimate of drug-likeness (QED) is 0.826. The number of piperidine rings is 1. The van der Waals surface area contributed by atoms with E-state index in [4.69, 9.17) is 4.74 Å². The molecule has 2 aliphatic rings. The van der Waals surface area contributed by atoms with Gasteiger partial charge in [0.15, 0.2) is 0 Å². The first-order chi connectivity index (χ1) is 12.7. The van der Waals surface area contributed by atoms with Gasteiger partial charge >= 0.3 is 0 Å². The molecule has 2 fully saturated rings. The van der Waals surface area contributed by atoms with E-state index >= 15 is 0 Å². The predicted octanol–water partition coefficient (Wildman–Crippen LogP) is 2.61. The number of aromatic nitrogens is 2. The van der Waals surface area contributed by atoms with E-state index in [0.29, 0.717) is 12.3 Å². The number of carbonyl (C=O) groups is 1. The third-order valence-corrected chi connectivity index (χ3v) is 6.28. The number of likely N-dealkylation sites (tertiary alicyclic amines) is 1. The maximum Gasteiger partial charge on any atom is 0.227 e. The Morgan fingerprint density at radius 2 is 2.23 bits per heavy atom. The molecule has 0 saturated carbocycles. The average Bonchev–Trinajstić information content (AvgIpc) is 3.32. The number of rotatable bonds is 4. The van der Waals surface area contributed by atoms with E-state index in [1.807, 2.05) is 17.5 Å². The Hall–Kier alpha value is -2.15. The fourth-order valence-corrected chi connectivity index (χ4v) is 4.85. The molecule has 1 spiro atoms. The molecule has 7 heteroatoms. The van der Waals surface area contributed by atoms with Crippen molar-refractivity contribution in [2.45, 2.75) is 25.7 Å². The van der Waals surface area contributed by atoms with Crippen molar-refractivity contribution in [1.82, 2.24) is 14.9 Å². The molecular formula is C19H24N4O2S. The molecule has 2 aliphatic heterocycles. The van der Waals surface area contributed by atoms with Crippen LogP contribution in [0.25, 0.3) is 0 Å². The number of hydrogen-bond donors (Lipinski definition) is 0. The highest BCUT2D eigenvalue weighted by molar-refractivity contribution is 7.08. The van der Waals surface area contributed by atoms with Gasteiger partial charge in [-0.1, -0.05) is 0 Å². The van der Waals surface area contributed by atoms with Crippen LogP contribution in [-0.2, 0) is 11.2 Å². The molecule has 0 aliphatic carbocycles. The Kier molecular flexibility index (Phi) is 4.80. The second-order valence-electron chi connectivity index (χ2n) is 7.32. The fourth-order valence-electron chi connectivity index (χ4n) is 4.18. The molecular weight excluding hydrogens is 348 g/mol. The first-order valence-electron chi connectivity index (χ1n) is 9.07. The van der Waals surface area contributed by atoms with Crippen LogP contribution >= 0.6 is 11.3 Å². The van der Waals surface area contributed by atoms with Gasteiger partial charge in [-0.15, -0.1) is 0 Å². The number of amides is 1. The van der Waals surface area contributed by atoms with Gasteiger partial charge in [0.1, 0.15) is 12.1 Å². The van der Waals surface area contributed by atoms with Gasteiger partial charge in [-0.3, -0.25) is 4.79 Å². The molecule has 2 saturated heterocycles. The number of anilines is 1. The maximum absolute atomic E-state index is 12.7. The Labute approximate surface area is 157 Å². The molecule has 1 atom stereocenters. The van der Waals surface area contributed by atoms with Crippen molar-refractivity contribution in [2.24, 2.45) is 5.41 Å². The first-order valence-corrected chi connectivity index (χ1v) is 10.0. The molecule has 1 amide bonds. The SMILES string of the molecule is COc1cc(N2CCCC3(CCN(C(=O)Cc4ccsc4)C3)C2)ncn1. The average molecular weight is 372 g/mol. The van der Waals surface area contributed by atoms with Crippen molar-refractivity contribution < 1.29 is 9.53 Å². The minimum atomic E-state index is 0.181. The molecule has 4 rings (SSSR count). The van der Waals surface area contributed by atoms with Crippen LogP contribution in [0.4, 0.5) is 5.82 Å². The molecule has 0 radical (unpaired) electrons. The first kappa shape index (κ1) is 17.3. The van der Waals surface area contributed by atoms with E-state index in [2.05, 4.69) is 25.1 Å². The minimum Gasteiger partial charge on any atom is -0.481 e. The third kappa shape index (κ3) is 3.53. The van der Waals surface area contributed by atoms with Crippen LogP contribution in [-0.4, -0.2) is 54.1 Å². The van der Waals surface area contributed by atoms with Crippen molar-refractivity contribution in [2.75, 3.05) is 38.2 Å². The number of thiophene rings is 1. The van der Waals surface area contributed by atoms with E-state index < -0.39 is 0 Å². The van der Waals surface area contributed by atoms with Crippen molar-refractivity contribution in [3.8, 4) is 5.88 Å². The molecule has 1 unspecified atom stereocenters. The molecule has 4 heterocycles. The normalized spacial score (nSPS) is 22.8. The molecule has 0 bridgehead atoms. The summed E-state index contributed by atoms with van der Waals surface area (Å²) in [6, 6.07) is 3.94. The lowest BCUT2D eigenvalue weighted by Gasteiger charge is -2.41. The minimum absolute atomic E-state index is 0.181. The van der Waals surface area contributed by atoms with Crippen molar-refractivity contribution >= 4 is 23.1 Å². The van der Waals surface area contributed by atoms with Crippen LogP contribution in [0.2, 0.25) is 0 Å². The van der Waals surface area contributed by atoms with E-state index in [9.17, 15) is 4.79 Å². The molecule has 0 aromatic carbocycles. The Morgan fingerprint density at radius 1 is 1.31 bits per heavy atom. The van der Waals surface area contributed by atoms with Gasteiger partial charge in [-0.25, -0.2) is 9.97 Å². The van der Waals surface area contributed by atoms with Crippen LogP contribution in [0, 0.1) is 5.41 Å². The zero-order chi connectivity index (χ0) is 18.0. The fraction of sp³-hybridized carbons (Fsp3) is 0.526. The number of nitrogens with zero attached hydrogens (tertiary/aromatic N) is 4. The van der Waals surface area contributed by atoms with Gasteiger partial charge in [0, 0.05) is 37.7 Å². The topological polar surface area (TPSA) is 58.6 Å². The van der Waals surface area contributed by atoms with Crippen LogP contribution in [0.1, 0.15) is 24.8 Å². The molecule has 0 N–H and O–H groups in total. The standard InChI is InChI=1S/C19H24N4O2S/c1-25-17-10-16(20-14-21-17)22-6-2-4-19(12-22)5-7-23(13-19)18(24)9-15-3-8-26-11-15/h3,8,10-11,14H,2,4-7,9,12-13H2,1H3. The lowest BCUT2D eigenvalue weighted by Crippen LogP contribution is -2.45. The van der Waals surface area contributed by atoms with Crippen LogP contribution in [0.15, 0.2) is 29.2 Å². The summed E-state index contributed by atoms with van der Waals surface area (Å²) >= 11 is 1.65. The van der Waals surface area contributed by atoms with E-state index in [-0.39, 0.29) is 11.3 Å². The molecule has 6 nitrogen and oxygen atoms in total. The van der Waals surface area contributed by atoms with Crippen molar-refractivity contribution in [3.05, 3.63) is 34.8 Å². The summed E-state index contributed by atoms with van der Waals surface area (Å²) in [5, 5.41) is 4.09. The summed E-state index contributed by atoms with van der Waals surface area (Å²) < 4.78 is 5.23. The number of carbonyl (C=O) groups excluding carboxylic acids is 1. The predicted molar refractivity (Wildman–Crippen MR) is 102 cm³/mol. The summed E-state index contributed by atoms with van der Waals surface area (Å²) in [6.07, 6.45) is 5.45. The number of methoxy groups -OCH3 is 1. The second kappa shape index (κ2) is 7.23. The summed E-state index contributed by atoms with van der Waals surface area (Å²) in [5.41, 5.74) is 1.31. The van der Waals surface area contributed by atoms with Crippen LogP contribution < -0.4 is 9.64 Å². The second-order valence-corrected chi connectivity index (χ2v) is 8.10. The van der Waals surface area contributed by atoms with E-state index in [0.717, 1.165) is 50.4 Å². The van der Waals surface area contributed by atoms with Gasteiger partial charge in [0.05, 0.1) is 13.5 Å². The highest BCUT2D eigenvalue weighted by Crippen LogP contribution is 2.40. The lowest BCUT2D eigenvalue weighted by molar-refractivity contribution is -0.129.